The fourth-order valence-electron chi connectivity index (χ4n) is 3.32. The number of rotatable bonds is 5. The summed E-state index contributed by atoms with van der Waals surface area (Å²) in [5.41, 5.74) is 0.834. The van der Waals surface area contributed by atoms with Crippen molar-refractivity contribution in [3.63, 3.8) is 0 Å². The maximum absolute atomic E-state index is 13.2. The summed E-state index contributed by atoms with van der Waals surface area (Å²) in [7, 11) is 1.40. The molecule has 26 heavy (non-hydrogen) atoms. The van der Waals surface area contributed by atoms with Crippen LogP contribution in [0.2, 0.25) is 0 Å². The van der Waals surface area contributed by atoms with Crippen molar-refractivity contribution in [3.8, 4) is 5.75 Å². The fourth-order valence-corrected chi connectivity index (χ4v) is 3.32. The number of carbonyl (C=O) groups is 2. The molecule has 1 saturated heterocycles. The molecule has 0 aromatic heterocycles. The summed E-state index contributed by atoms with van der Waals surface area (Å²) in [4.78, 5) is 24.4. The van der Waals surface area contributed by atoms with Gasteiger partial charge in [-0.15, -0.1) is 0 Å². The Morgan fingerprint density at radius 1 is 1.12 bits per heavy atom. The van der Waals surface area contributed by atoms with E-state index in [9.17, 15) is 14.7 Å². The normalized spacial score (nSPS) is 15.9. The molecule has 0 radical (unpaired) electrons. The Balaban J connectivity index is 1.90. The fraction of sp³-hybridized carbons (Fsp3) is 0.300. The van der Waals surface area contributed by atoms with Crippen molar-refractivity contribution in [2.75, 3.05) is 25.6 Å². The van der Waals surface area contributed by atoms with E-state index < -0.39 is 11.4 Å². The van der Waals surface area contributed by atoms with E-state index in [1.165, 1.54) is 19.2 Å². The zero-order valence-corrected chi connectivity index (χ0v) is 14.5. The smallest absolute Gasteiger partial charge is 0.339 e. The Hall–Kier alpha value is -2.86. The van der Waals surface area contributed by atoms with Gasteiger partial charge in [0.05, 0.1) is 12.5 Å². The minimum atomic E-state index is -1.08. The van der Waals surface area contributed by atoms with E-state index in [1.807, 2.05) is 30.3 Å². The Morgan fingerprint density at radius 2 is 1.81 bits per heavy atom. The lowest BCUT2D eigenvalue weighted by molar-refractivity contribution is -0.125. The van der Waals surface area contributed by atoms with Gasteiger partial charge >= 0.3 is 5.97 Å². The zero-order chi connectivity index (χ0) is 18.6. The van der Waals surface area contributed by atoms with Crippen LogP contribution in [0, 0.1) is 0 Å². The summed E-state index contributed by atoms with van der Waals surface area (Å²) in [6, 6.07) is 14.2. The second-order valence-corrected chi connectivity index (χ2v) is 6.23. The van der Waals surface area contributed by atoms with Crippen molar-refractivity contribution in [1.29, 1.82) is 0 Å². The maximum Gasteiger partial charge on any atom is 0.339 e. The molecular formula is C20H21NO5. The van der Waals surface area contributed by atoms with Gasteiger partial charge in [-0.25, -0.2) is 4.79 Å². The van der Waals surface area contributed by atoms with E-state index >= 15 is 0 Å². The van der Waals surface area contributed by atoms with Crippen LogP contribution in [0.5, 0.6) is 5.75 Å². The highest BCUT2D eigenvalue weighted by molar-refractivity contribution is 6.00. The first-order valence-corrected chi connectivity index (χ1v) is 8.43. The minimum absolute atomic E-state index is 0.0503. The van der Waals surface area contributed by atoms with Gasteiger partial charge in [-0.05, 0) is 30.5 Å². The average molecular weight is 355 g/mol. The highest BCUT2D eigenvalue weighted by atomic mass is 16.5. The molecule has 0 spiro atoms. The standard InChI is InChI=1S/C20H21NO5/c1-25-17-13-15(7-8-16(17)18(22)23)21-19(24)20(9-11-26-12-10-20)14-5-3-2-4-6-14/h2-8,13H,9-12H2,1H3,(H,21,24)(H,22,23). The third-order valence-corrected chi connectivity index (χ3v) is 4.80. The molecule has 1 aliphatic rings. The van der Waals surface area contributed by atoms with Crippen molar-refractivity contribution in [2.45, 2.75) is 18.3 Å². The molecule has 0 bridgehead atoms. The molecule has 0 saturated carbocycles. The highest BCUT2D eigenvalue weighted by Gasteiger charge is 2.41. The molecular weight excluding hydrogens is 334 g/mol. The Kier molecular flexibility index (Phi) is 5.23. The van der Waals surface area contributed by atoms with E-state index in [0.29, 0.717) is 31.7 Å². The number of amides is 1. The second kappa shape index (κ2) is 7.58. The lowest BCUT2D eigenvalue weighted by atomic mass is 9.73. The number of anilines is 1. The predicted molar refractivity (Wildman–Crippen MR) is 96.8 cm³/mol. The lowest BCUT2D eigenvalue weighted by Crippen LogP contribution is -2.44. The molecule has 6 nitrogen and oxygen atoms in total. The number of methoxy groups -OCH3 is 1. The monoisotopic (exact) mass is 355 g/mol. The van der Waals surface area contributed by atoms with Gasteiger partial charge in [0.2, 0.25) is 5.91 Å². The van der Waals surface area contributed by atoms with Crippen LogP contribution >= 0.6 is 0 Å². The topological polar surface area (TPSA) is 84.9 Å². The number of carboxylic acids is 1. The number of ether oxygens (including phenoxy) is 2. The van der Waals surface area contributed by atoms with E-state index in [1.54, 1.807) is 6.07 Å². The zero-order valence-electron chi connectivity index (χ0n) is 14.5. The summed E-state index contributed by atoms with van der Waals surface area (Å²) in [6.07, 6.45) is 1.18. The summed E-state index contributed by atoms with van der Waals surface area (Å²) in [5.74, 6) is -1.00. The highest BCUT2D eigenvalue weighted by Crippen LogP contribution is 2.36. The van der Waals surface area contributed by atoms with Crippen molar-refractivity contribution in [1.82, 2.24) is 0 Å². The van der Waals surface area contributed by atoms with Crippen molar-refractivity contribution in [3.05, 3.63) is 59.7 Å². The quantitative estimate of drug-likeness (QED) is 0.861. The molecule has 1 amide bonds. The van der Waals surface area contributed by atoms with E-state index in [-0.39, 0.29) is 17.2 Å². The molecule has 2 N–H and O–H groups in total. The number of aromatic carboxylic acids is 1. The van der Waals surface area contributed by atoms with Gasteiger partial charge in [-0.3, -0.25) is 4.79 Å². The molecule has 1 heterocycles. The Bertz CT molecular complexity index is 797. The third kappa shape index (κ3) is 3.41. The molecule has 136 valence electrons. The van der Waals surface area contributed by atoms with Crippen LogP contribution in [0.25, 0.3) is 0 Å². The first-order chi connectivity index (χ1) is 12.6. The first-order valence-electron chi connectivity index (χ1n) is 8.43. The molecule has 6 heteroatoms. The van der Waals surface area contributed by atoms with Crippen LogP contribution in [-0.4, -0.2) is 37.3 Å². The lowest BCUT2D eigenvalue weighted by Gasteiger charge is -2.36. The number of nitrogens with one attached hydrogen (secondary N) is 1. The van der Waals surface area contributed by atoms with Gasteiger partial charge in [0.1, 0.15) is 11.3 Å². The van der Waals surface area contributed by atoms with Gasteiger partial charge in [-0.1, -0.05) is 30.3 Å². The number of hydrogen-bond donors (Lipinski definition) is 2. The van der Waals surface area contributed by atoms with Crippen molar-refractivity contribution < 1.29 is 24.2 Å². The molecule has 2 aromatic carbocycles. The predicted octanol–water partition coefficient (Wildman–Crippen LogP) is 3.08. The van der Waals surface area contributed by atoms with Crippen molar-refractivity contribution in [2.24, 2.45) is 0 Å². The van der Waals surface area contributed by atoms with Crippen LogP contribution < -0.4 is 10.1 Å². The summed E-state index contributed by atoms with van der Waals surface area (Å²) >= 11 is 0. The van der Waals surface area contributed by atoms with Crippen LogP contribution in [0.4, 0.5) is 5.69 Å². The molecule has 2 aromatic rings. The van der Waals surface area contributed by atoms with Crippen molar-refractivity contribution >= 4 is 17.6 Å². The molecule has 0 unspecified atom stereocenters. The van der Waals surface area contributed by atoms with Crippen LogP contribution in [0.1, 0.15) is 28.8 Å². The SMILES string of the molecule is COc1cc(NC(=O)C2(c3ccccc3)CCOCC2)ccc1C(=O)O. The van der Waals surface area contributed by atoms with Gasteiger partial charge in [0, 0.05) is 25.0 Å². The number of hydrogen-bond acceptors (Lipinski definition) is 4. The van der Waals surface area contributed by atoms with Crippen LogP contribution in [0.15, 0.2) is 48.5 Å². The molecule has 1 fully saturated rings. The maximum atomic E-state index is 13.2. The molecule has 0 aliphatic carbocycles. The van der Waals surface area contributed by atoms with E-state index in [0.717, 1.165) is 5.56 Å². The van der Waals surface area contributed by atoms with Crippen LogP contribution in [0.3, 0.4) is 0 Å². The van der Waals surface area contributed by atoms with Gasteiger partial charge in [0.25, 0.3) is 0 Å². The summed E-state index contributed by atoms with van der Waals surface area (Å²) in [5, 5.41) is 12.1. The average Bonchev–Trinajstić information content (AvgIpc) is 2.68. The van der Waals surface area contributed by atoms with E-state index in [4.69, 9.17) is 9.47 Å². The third-order valence-electron chi connectivity index (χ3n) is 4.80. The van der Waals surface area contributed by atoms with Gasteiger partial charge in [-0.2, -0.15) is 0 Å². The van der Waals surface area contributed by atoms with Crippen LogP contribution in [-0.2, 0) is 14.9 Å². The Labute approximate surface area is 151 Å². The first kappa shape index (κ1) is 17.9. The molecule has 0 atom stereocenters. The summed E-state index contributed by atoms with van der Waals surface area (Å²) < 4.78 is 10.6. The second-order valence-electron chi connectivity index (χ2n) is 6.23. The Morgan fingerprint density at radius 3 is 2.42 bits per heavy atom. The molecule has 1 aliphatic heterocycles. The minimum Gasteiger partial charge on any atom is -0.496 e. The number of carbonyl (C=O) groups excluding carboxylic acids is 1. The number of benzene rings is 2. The largest absolute Gasteiger partial charge is 0.496 e. The van der Waals surface area contributed by atoms with Gasteiger partial charge < -0.3 is 19.9 Å². The number of carboxylic acid groups (broad SMARTS) is 1. The summed E-state index contributed by atoms with van der Waals surface area (Å²) in [6.45, 7) is 1.03. The van der Waals surface area contributed by atoms with E-state index in [2.05, 4.69) is 5.32 Å². The van der Waals surface area contributed by atoms with Gasteiger partial charge in [0.15, 0.2) is 0 Å². The molecule has 3 rings (SSSR count).